The second-order valence-electron chi connectivity index (χ2n) is 3.32. The van der Waals surface area contributed by atoms with Gasteiger partial charge in [-0.05, 0) is 6.42 Å². The third-order valence-electron chi connectivity index (χ3n) is 1.99. The average Bonchev–Trinajstić information content (AvgIpc) is 2.64. The molecule has 16 heavy (non-hydrogen) atoms. The molecule has 0 aliphatic carbocycles. The molecule has 0 fully saturated rings. The van der Waals surface area contributed by atoms with Gasteiger partial charge in [0, 0.05) is 12.5 Å². The van der Waals surface area contributed by atoms with Gasteiger partial charge in [-0.1, -0.05) is 30.1 Å². The number of aromatic nitrogens is 4. The van der Waals surface area contributed by atoms with Gasteiger partial charge < -0.3 is 0 Å². The minimum Gasteiger partial charge on any atom is -0.221 e. The van der Waals surface area contributed by atoms with Gasteiger partial charge in [0.05, 0.1) is 17.4 Å². The van der Waals surface area contributed by atoms with Crippen molar-refractivity contribution in [2.45, 2.75) is 19.8 Å². The summed E-state index contributed by atoms with van der Waals surface area (Å²) < 4.78 is 1.58. The Balaban J connectivity index is 2.40. The highest BCUT2D eigenvalue weighted by Crippen LogP contribution is 2.14. The predicted molar refractivity (Wildman–Crippen MR) is 63.2 cm³/mol. The molecule has 0 N–H and O–H groups in total. The molecule has 0 aliphatic rings. The Kier molecular flexibility index (Phi) is 3.41. The van der Waals surface area contributed by atoms with Gasteiger partial charge >= 0.3 is 0 Å². The lowest BCUT2D eigenvalue weighted by Gasteiger charge is -2.03. The minimum atomic E-state index is 0.417. The zero-order valence-corrected chi connectivity index (χ0v) is 10.2. The van der Waals surface area contributed by atoms with E-state index in [9.17, 15) is 0 Å². The maximum Gasteiger partial charge on any atom is 0.158 e. The summed E-state index contributed by atoms with van der Waals surface area (Å²) in [7, 11) is 0. The first-order chi connectivity index (χ1) is 7.69. The molecule has 2 heterocycles. The van der Waals surface area contributed by atoms with Crippen LogP contribution in [0.4, 0.5) is 0 Å². The summed E-state index contributed by atoms with van der Waals surface area (Å²) in [5.41, 5.74) is 0. The summed E-state index contributed by atoms with van der Waals surface area (Å²) in [6, 6.07) is 1.66. The fourth-order valence-corrected chi connectivity index (χ4v) is 1.66. The molecule has 0 aliphatic heterocycles. The Bertz CT molecular complexity index is 495. The van der Waals surface area contributed by atoms with Crippen LogP contribution in [0.15, 0.2) is 18.5 Å². The molecule has 2 aromatic rings. The highest BCUT2D eigenvalue weighted by molar-refractivity contribution is 6.30. The molecule has 4 nitrogen and oxygen atoms in total. The van der Waals surface area contributed by atoms with Crippen molar-refractivity contribution in [1.29, 1.82) is 0 Å². The number of nitrogens with zero attached hydrogens (tertiary/aromatic N) is 4. The van der Waals surface area contributed by atoms with E-state index in [1.165, 1.54) is 0 Å². The van der Waals surface area contributed by atoms with Crippen LogP contribution in [0.2, 0.25) is 10.2 Å². The van der Waals surface area contributed by atoms with Crippen molar-refractivity contribution < 1.29 is 0 Å². The van der Waals surface area contributed by atoms with Crippen LogP contribution < -0.4 is 0 Å². The van der Waals surface area contributed by atoms with E-state index in [4.69, 9.17) is 23.2 Å². The summed E-state index contributed by atoms with van der Waals surface area (Å²) in [5, 5.41) is 5.04. The molecule has 0 aromatic carbocycles. The SMILES string of the molecule is CCCc1nc(Cl)cc(-n2cc(Cl)cn2)n1. The Labute approximate surface area is 103 Å². The molecule has 6 heteroatoms. The Morgan fingerprint density at radius 2 is 2.12 bits per heavy atom. The van der Waals surface area contributed by atoms with Gasteiger partial charge in [-0.2, -0.15) is 5.10 Å². The monoisotopic (exact) mass is 256 g/mol. The number of hydrogen-bond acceptors (Lipinski definition) is 3. The van der Waals surface area contributed by atoms with Crippen molar-refractivity contribution in [2.24, 2.45) is 0 Å². The first kappa shape index (κ1) is 11.4. The van der Waals surface area contributed by atoms with E-state index < -0.39 is 0 Å². The first-order valence-corrected chi connectivity index (χ1v) is 5.68. The Hall–Kier alpha value is -1.13. The van der Waals surface area contributed by atoms with Crippen LogP contribution in [0.25, 0.3) is 5.82 Å². The zero-order chi connectivity index (χ0) is 11.5. The molecule has 2 aromatic heterocycles. The quantitative estimate of drug-likeness (QED) is 0.794. The fourth-order valence-electron chi connectivity index (χ4n) is 1.33. The second-order valence-corrected chi connectivity index (χ2v) is 4.14. The molecule has 0 amide bonds. The molecule has 2 rings (SSSR count). The summed E-state index contributed by atoms with van der Waals surface area (Å²) in [6.45, 7) is 2.06. The van der Waals surface area contributed by atoms with Gasteiger partial charge in [-0.3, -0.25) is 0 Å². The van der Waals surface area contributed by atoms with E-state index in [-0.39, 0.29) is 0 Å². The van der Waals surface area contributed by atoms with E-state index in [0.717, 1.165) is 18.7 Å². The van der Waals surface area contributed by atoms with Gasteiger partial charge in [0.1, 0.15) is 11.0 Å². The van der Waals surface area contributed by atoms with Crippen LogP contribution in [-0.4, -0.2) is 19.7 Å². The van der Waals surface area contributed by atoms with Crippen LogP contribution in [-0.2, 0) is 6.42 Å². The summed E-state index contributed by atoms with van der Waals surface area (Å²) in [4.78, 5) is 8.49. The lowest BCUT2D eigenvalue weighted by Crippen LogP contribution is -2.03. The molecule has 0 atom stereocenters. The van der Waals surface area contributed by atoms with Gasteiger partial charge in [-0.15, -0.1) is 0 Å². The van der Waals surface area contributed by atoms with Gasteiger partial charge in [0.2, 0.25) is 0 Å². The van der Waals surface area contributed by atoms with Crippen molar-refractivity contribution in [1.82, 2.24) is 19.7 Å². The minimum absolute atomic E-state index is 0.417. The molecule has 0 saturated carbocycles. The van der Waals surface area contributed by atoms with Crippen LogP contribution in [0.5, 0.6) is 0 Å². The lowest BCUT2D eigenvalue weighted by atomic mass is 10.3. The predicted octanol–water partition coefficient (Wildman–Crippen LogP) is 2.92. The van der Waals surface area contributed by atoms with Crippen LogP contribution >= 0.6 is 23.2 Å². The molecule has 0 saturated heterocycles. The maximum atomic E-state index is 5.92. The second kappa shape index (κ2) is 4.80. The van der Waals surface area contributed by atoms with Crippen molar-refractivity contribution in [3.8, 4) is 5.82 Å². The fraction of sp³-hybridized carbons (Fsp3) is 0.300. The highest BCUT2D eigenvalue weighted by atomic mass is 35.5. The van der Waals surface area contributed by atoms with E-state index in [1.54, 1.807) is 23.1 Å². The highest BCUT2D eigenvalue weighted by Gasteiger charge is 2.05. The number of halogens is 2. The molecule has 84 valence electrons. The van der Waals surface area contributed by atoms with E-state index >= 15 is 0 Å². The molecule has 0 unspecified atom stereocenters. The third-order valence-corrected chi connectivity index (χ3v) is 2.38. The smallest absolute Gasteiger partial charge is 0.158 e. The van der Waals surface area contributed by atoms with Crippen molar-refractivity contribution in [3.63, 3.8) is 0 Å². The molecule has 0 radical (unpaired) electrons. The summed E-state index contributed by atoms with van der Waals surface area (Å²) >= 11 is 11.7. The van der Waals surface area contributed by atoms with Crippen LogP contribution in [0, 0.1) is 0 Å². The molecule has 0 spiro atoms. The van der Waals surface area contributed by atoms with Crippen molar-refractivity contribution in [3.05, 3.63) is 34.5 Å². The molecule has 0 bridgehead atoms. The van der Waals surface area contributed by atoms with Crippen molar-refractivity contribution in [2.75, 3.05) is 0 Å². The van der Waals surface area contributed by atoms with E-state index in [1.807, 2.05) is 0 Å². The van der Waals surface area contributed by atoms with Crippen LogP contribution in [0.3, 0.4) is 0 Å². The van der Waals surface area contributed by atoms with Crippen molar-refractivity contribution >= 4 is 23.2 Å². The normalized spacial score (nSPS) is 10.7. The van der Waals surface area contributed by atoms with Gasteiger partial charge in [-0.25, -0.2) is 14.6 Å². The van der Waals surface area contributed by atoms with E-state index in [2.05, 4.69) is 22.0 Å². The van der Waals surface area contributed by atoms with Crippen LogP contribution in [0.1, 0.15) is 19.2 Å². The number of hydrogen-bond donors (Lipinski definition) is 0. The summed E-state index contributed by atoms with van der Waals surface area (Å²) in [5.74, 6) is 1.35. The average molecular weight is 257 g/mol. The zero-order valence-electron chi connectivity index (χ0n) is 8.69. The topological polar surface area (TPSA) is 43.6 Å². The third kappa shape index (κ3) is 2.51. The lowest BCUT2D eigenvalue weighted by molar-refractivity contribution is 0.785. The van der Waals surface area contributed by atoms with Gasteiger partial charge in [0.15, 0.2) is 5.82 Å². The Morgan fingerprint density at radius 1 is 1.31 bits per heavy atom. The number of aryl methyl sites for hydroxylation is 1. The first-order valence-electron chi connectivity index (χ1n) is 4.93. The van der Waals surface area contributed by atoms with Gasteiger partial charge in [0.25, 0.3) is 0 Å². The van der Waals surface area contributed by atoms with E-state index in [0.29, 0.717) is 16.0 Å². The molecular weight excluding hydrogens is 247 g/mol. The Morgan fingerprint density at radius 3 is 2.75 bits per heavy atom. The standard InChI is InChI=1S/C10H10Cl2N4/c1-2-3-9-14-8(12)4-10(15-9)16-6-7(11)5-13-16/h4-6H,2-3H2,1H3. The summed E-state index contributed by atoms with van der Waals surface area (Å²) in [6.07, 6.45) is 5.00. The maximum absolute atomic E-state index is 5.92. The molecular formula is C10H10Cl2N4. The number of rotatable bonds is 3. The largest absolute Gasteiger partial charge is 0.221 e.